The second-order valence-corrected chi connectivity index (χ2v) is 38.5. The normalized spacial score (nSPS) is 26.2. The van der Waals surface area contributed by atoms with Crippen molar-refractivity contribution in [1.29, 1.82) is 0 Å². The first-order chi connectivity index (χ1) is 64.4. The van der Waals surface area contributed by atoms with Crippen molar-refractivity contribution >= 4 is 80.0 Å². The predicted octanol–water partition coefficient (Wildman–Crippen LogP) is 9.94. The summed E-state index contributed by atoms with van der Waals surface area (Å²) >= 11 is 0. The van der Waals surface area contributed by atoms with Gasteiger partial charge in [-0.3, -0.25) is 28.8 Å². The van der Waals surface area contributed by atoms with Gasteiger partial charge in [-0.1, -0.05) is 166 Å². The van der Waals surface area contributed by atoms with Crippen molar-refractivity contribution in [1.82, 2.24) is 107 Å². The van der Waals surface area contributed by atoms with Crippen molar-refractivity contribution in [3.8, 4) is 34.2 Å². The molecule has 0 unspecified atom stereocenters. The predicted molar refractivity (Wildman–Crippen MR) is 498 cm³/mol. The summed E-state index contributed by atoms with van der Waals surface area (Å²) in [5.41, 5.74) is -3.79. The molecule has 5 aliphatic heterocycles. The van der Waals surface area contributed by atoms with E-state index in [1.54, 1.807) is 82.2 Å². The number of benzene rings is 3. The van der Waals surface area contributed by atoms with Crippen LogP contribution in [0.4, 0.5) is 14.4 Å². The van der Waals surface area contributed by atoms with Gasteiger partial charge in [0, 0.05) is 81.8 Å². The molecule has 6 aromatic rings. The van der Waals surface area contributed by atoms with E-state index in [9.17, 15) is 62.6 Å². The van der Waals surface area contributed by atoms with Crippen molar-refractivity contribution < 1.29 is 86.3 Å². The Labute approximate surface area is 793 Å². The molecule has 0 bridgehead atoms. The summed E-state index contributed by atoms with van der Waals surface area (Å²) in [4.78, 5) is 170. The Morgan fingerprint density at radius 2 is 0.963 bits per heavy atom. The number of aromatic nitrogens is 12. The molecule has 3 aliphatic carbocycles. The summed E-state index contributed by atoms with van der Waals surface area (Å²) in [6.07, 6.45) is 21.3. The molecule has 9 amide bonds. The summed E-state index contributed by atoms with van der Waals surface area (Å²) in [5, 5.41) is 65.9. The maximum Gasteiger partial charge on any atom is 0.408 e. The summed E-state index contributed by atoms with van der Waals surface area (Å²) in [5.74, 6) is -4.55. The highest BCUT2D eigenvalue weighted by atomic mass is 16.6. The van der Waals surface area contributed by atoms with Gasteiger partial charge in [-0.05, 0) is 169 Å². The van der Waals surface area contributed by atoms with Crippen LogP contribution in [0.15, 0.2) is 141 Å². The number of unbranched alkanes of at least 4 members (excludes halogenated alkanes) is 3. The zero-order valence-electron chi connectivity index (χ0n) is 79.5. The third kappa shape index (κ3) is 26.6. The number of aliphatic carboxylic acids is 1. The number of hydrogen-bond acceptors (Lipinski definition) is 26. The van der Waals surface area contributed by atoms with E-state index < -0.39 is 159 Å². The van der Waals surface area contributed by atoms with Gasteiger partial charge in [-0.15, -0.1) is 43.7 Å². The SMILES string of the molecule is C=CCCCCC[C@H](NC(=O)OC(C)(C)C)C(=O)N1C[C@H](n2nnc(-c3ccccc3)n2)C[C@H]1C(=O)N[C@]1(C(=O)OCC)C[C@H]1C=C.CC(C)(C)OC(=O)N[C@H]1CCCCC/C=C\[C@@H]2C[C@@]2(C(=O)O)NC(=O)[C@@H]2C[C@@H](n3nnc(-c4ccccc4)n3)CN2C1=O.CCOC(=O)[C@@]12C[C@H]1/C=C\CCCCC[C@H](NC(=O)OC(C)(C)C)C(=O)N1C[C@H](n3nnc(-c4ccccc4)n3)C[C@H]1C(=O)N2.[B]. The number of alkyl carbamates (subject to hydrolysis) is 3. The Hall–Kier alpha value is -13.1. The molecular weight excluding hydrogens is 1750 g/mol. The third-order valence-electron chi connectivity index (χ3n) is 24.8. The molecule has 3 saturated heterocycles. The first-order valence-corrected chi connectivity index (χ1v) is 46.9. The number of carbonyl (C=O) groups excluding carboxylic acids is 11. The smallest absolute Gasteiger partial charge is 0.408 e. The van der Waals surface area contributed by atoms with Gasteiger partial charge in [-0.25, -0.2) is 28.8 Å². The van der Waals surface area contributed by atoms with Gasteiger partial charge in [0.15, 0.2) is 0 Å². The number of hydrogen-bond donors (Lipinski definition) is 7. The van der Waals surface area contributed by atoms with Crippen LogP contribution in [0.2, 0.25) is 0 Å². The van der Waals surface area contributed by atoms with Gasteiger partial charge < -0.3 is 75.4 Å². The molecule has 3 aromatic carbocycles. The fourth-order valence-corrected chi connectivity index (χ4v) is 17.6. The molecule has 39 nitrogen and oxygen atoms in total. The molecule has 6 fully saturated rings. The Kier molecular flexibility index (Phi) is 34.6. The number of carbonyl (C=O) groups is 12. The van der Waals surface area contributed by atoms with E-state index in [2.05, 4.69) is 91.3 Å². The van der Waals surface area contributed by atoms with Gasteiger partial charge in [0.2, 0.25) is 52.9 Å². The van der Waals surface area contributed by atoms with Gasteiger partial charge >= 0.3 is 36.2 Å². The fourth-order valence-electron chi connectivity index (χ4n) is 17.6. The van der Waals surface area contributed by atoms with Crippen LogP contribution < -0.4 is 31.9 Å². The number of fused-ring (bicyclic) bond motifs is 4. The monoisotopic (exact) mass is 1870 g/mol. The number of amides is 9. The number of carboxylic acids is 1. The molecule has 8 heterocycles. The molecular formula is C96H129BN21O18. The molecule has 136 heavy (non-hydrogen) atoms. The van der Waals surface area contributed by atoms with E-state index in [4.69, 9.17) is 23.7 Å². The van der Waals surface area contributed by atoms with E-state index in [0.717, 1.165) is 74.5 Å². The lowest BCUT2D eigenvalue weighted by Gasteiger charge is -2.30. The van der Waals surface area contributed by atoms with Crippen molar-refractivity contribution in [3.05, 3.63) is 141 Å². The third-order valence-corrected chi connectivity index (χ3v) is 24.8. The molecule has 15 atom stereocenters. The molecule has 0 spiro atoms. The highest BCUT2D eigenvalue weighted by Crippen LogP contribution is 2.49. The first kappa shape index (κ1) is 103. The second-order valence-electron chi connectivity index (χ2n) is 38.5. The van der Waals surface area contributed by atoms with Crippen LogP contribution in [-0.2, 0) is 66.8 Å². The van der Waals surface area contributed by atoms with E-state index in [1.807, 2.05) is 121 Å². The second kappa shape index (κ2) is 45.5. The zero-order chi connectivity index (χ0) is 97.2. The molecule has 8 aliphatic rings. The number of nitrogens with zero attached hydrogens (tertiary/aromatic N) is 15. The number of likely N-dealkylation sites (tertiary alicyclic amines) is 1. The molecule has 14 rings (SSSR count). The summed E-state index contributed by atoms with van der Waals surface area (Å²) in [7, 11) is 0. The standard InChI is InChI=1S/C34H47N7O6.C32H43N7O6.C30H39N7O6.B/c1-7-10-11-12-16-19-26(35-32(45)47-33(4,5)6)30(43)40-22-25(41-38-28(37-39-41)23-17-14-13-15-18-23)20-27(40)29(42)36-34(21-24(34)8-2)31(44)46-9-3;1-5-44-29(42)32-19-22(32)16-12-7-6-8-13-17-24(33-30(43)45-31(2,3)4)28(41)38-20-23(18-25(38)27(40)34-32)39-36-26(35-37-39)21-14-10-9-11-15-21;1-29(2,3)43-28(42)31-22-15-11-6-4-5-10-14-20-17-30(20,27(40)41)32-25(38)23-16-21(18-36(23)26(22)39)37-34-24(33-35-37)19-12-8-7-9-13-19;/h7-8,13-15,17-18,24-27H,1-2,9-12,16,19-22H2,3-6H3,(H,35,45)(H,36,42);9-12,14-16,22-25H,5-8,13,17-20H2,1-4H3,(H,33,43)(H,34,40);7-10,12-14,20-23H,4-6,11,15-18H2,1-3H3,(H,31,42)(H,32,38)(H,40,41);/b;16-12-;14-10-;/t24-,25-,26+,27+,34-;22-,23-,24+,25+,32-;20-,21-,22+,23+,30-;/m111./s1. The molecule has 7 N–H and O–H groups in total. The maximum atomic E-state index is 14.3. The molecule has 40 heteroatoms. The fraction of sp³-hybridized carbons (Fsp3) is 0.573. The highest BCUT2D eigenvalue weighted by Gasteiger charge is 2.65. The minimum atomic E-state index is -1.42. The van der Waals surface area contributed by atoms with Crippen LogP contribution >= 0.6 is 0 Å². The number of tetrazole rings is 3. The van der Waals surface area contributed by atoms with Crippen LogP contribution in [0.5, 0.6) is 0 Å². The number of ether oxygens (including phenoxy) is 5. The van der Waals surface area contributed by atoms with Gasteiger partial charge in [0.1, 0.15) is 69.7 Å². The molecule has 3 aromatic heterocycles. The number of allylic oxidation sites excluding steroid dienone is 3. The van der Waals surface area contributed by atoms with Crippen molar-refractivity contribution in [3.63, 3.8) is 0 Å². The Morgan fingerprint density at radius 1 is 0.537 bits per heavy atom. The first-order valence-electron chi connectivity index (χ1n) is 46.9. The van der Waals surface area contributed by atoms with Crippen molar-refractivity contribution in [2.24, 2.45) is 17.8 Å². The number of carboxylic acid groups (broad SMARTS) is 1. The van der Waals surface area contributed by atoms with Gasteiger partial charge in [0.25, 0.3) is 0 Å². The summed E-state index contributed by atoms with van der Waals surface area (Å²) in [6.45, 7) is 27.3. The average Bonchev–Trinajstić information content (AvgIpc) is 1.59. The van der Waals surface area contributed by atoms with Gasteiger partial charge in [-0.2, -0.15) is 14.4 Å². The quantitative estimate of drug-likeness (QED) is 0.00973. The largest absolute Gasteiger partial charge is 0.479 e. The zero-order valence-corrected chi connectivity index (χ0v) is 79.5. The van der Waals surface area contributed by atoms with E-state index in [0.29, 0.717) is 68.8 Å². The van der Waals surface area contributed by atoms with E-state index in [1.165, 1.54) is 29.1 Å². The maximum absolute atomic E-state index is 14.3. The number of esters is 2. The minimum absolute atomic E-state index is 0. The summed E-state index contributed by atoms with van der Waals surface area (Å²) in [6, 6.07) is 20.9. The molecule has 3 radical (unpaired) electrons. The van der Waals surface area contributed by atoms with Crippen LogP contribution in [0.1, 0.15) is 229 Å². The highest BCUT2D eigenvalue weighted by molar-refractivity contribution is 5.99. The molecule has 729 valence electrons. The lowest BCUT2D eigenvalue weighted by molar-refractivity contribution is -0.150. The summed E-state index contributed by atoms with van der Waals surface area (Å²) < 4.78 is 27.0. The topological polar surface area (TPSA) is 484 Å². The lowest BCUT2D eigenvalue weighted by atomic mass is 10.0. The Balaban J connectivity index is 0.000000195. The Morgan fingerprint density at radius 3 is 1.39 bits per heavy atom. The van der Waals surface area contributed by atoms with Crippen molar-refractivity contribution in [2.75, 3.05) is 32.8 Å². The van der Waals surface area contributed by atoms with Crippen LogP contribution in [0, 0.1) is 17.8 Å². The van der Waals surface area contributed by atoms with Crippen LogP contribution in [-0.4, -0.2) is 263 Å². The van der Waals surface area contributed by atoms with Crippen molar-refractivity contribution in [2.45, 2.75) is 299 Å². The average molecular weight is 1880 g/mol. The van der Waals surface area contributed by atoms with E-state index >= 15 is 0 Å². The number of nitrogens with one attached hydrogen (secondary N) is 6. The van der Waals surface area contributed by atoms with Gasteiger partial charge in [0.05, 0.1) is 31.3 Å². The number of rotatable bonds is 24. The Bertz CT molecular complexity index is 5270. The molecule has 3 saturated carbocycles. The lowest BCUT2D eigenvalue weighted by Crippen LogP contribution is -2.56. The van der Waals surface area contributed by atoms with Crippen LogP contribution in [0.3, 0.4) is 0 Å². The van der Waals surface area contributed by atoms with E-state index in [-0.39, 0.29) is 84.7 Å². The minimum Gasteiger partial charge on any atom is -0.479 e. The van der Waals surface area contributed by atoms with Crippen LogP contribution in [0.25, 0.3) is 34.2 Å².